The Morgan fingerprint density at radius 3 is 3.00 bits per heavy atom. The molecule has 0 bridgehead atoms. The van der Waals surface area contributed by atoms with Crippen LogP contribution in [0.3, 0.4) is 0 Å². The van der Waals surface area contributed by atoms with Crippen LogP contribution in [0, 0.1) is 5.92 Å². The first-order valence-corrected chi connectivity index (χ1v) is 7.21. The van der Waals surface area contributed by atoms with Crippen LogP contribution in [-0.2, 0) is 16.0 Å². The Kier molecular flexibility index (Phi) is 5.41. The highest BCUT2D eigenvalue weighted by Gasteiger charge is 2.21. The maximum absolute atomic E-state index is 12.4. The van der Waals surface area contributed by atoms with E-state index in [2.05, 4.69) is 0 Å². The minimum absolute atomic E-state index is 0.174. The molecule has 1 amide bonds. The molecule has 1 aliphatic heterocycles. The zero-order chi connectivity index (χ0) is 14.4. The topological polar surface area (TPSA) is 38.8 Å². The van der Waals surface area contributed by atoms with E-state index < -0.39 is 0 Å². The van der Waals surface area contributed by atoms with Gasteiger partial charge < -0.3 is 14.4 Å². The number of carbonyl (C=O) groups is 1. The van der Waals surface area contributed by atoms with E-state index in [0.29, 0.717) is 12.3 Å². The molecule has 20 heavy (non-hydrogen) atoms. The molecule has 1 aromatic carbocycles. The molecule has 2 rings (SSSR count). The number of hydrogen-bond donors (Lipinski definition) is 0. The Labute approximate surface area is 120 Å². The van der Waals surface area contributed by atoms with Crippen LogP contribution in [0.4, 0.5) is 0 Å². The van der Waals surface area contributed by atoms with E-state index in [4.69, 9.17) is 9.47 Å². The summed E-state index contributed by atoms with van der Waals surface area (Å²) >= 11 is 0. The lowest BCUT2D eigenvalue weighted by Crippen LogP contribution is -2.36. The number of hydrogen-bond acceptors (Lipinski definition) is 3. The molecule has 110 valence electrons. The van der Waals surface area contributed by atoms with E-state index in [1.807, 2.05) is 36.1 Å². The second kappa shape index (κ2) is 7.29. The summed E-state index contributed by atoms with van der Waals surface area (Å²) in [6.07, 6.45) is 1.49. The van der Waals surface area contributed by atoms with Gasteiger partial charge in [-0.05, 0) is 31.0 Å². The molecule has 0 spiro atoms. The molecule has 0 N–H and O–H groups in total. The third kappa shape index (κ3) is 3.97. The summed E-state index contributed by atoms with van der Waals surface area (Å²) < 4.78 is 10.6. The summed E-state index contributed by atoms with van der Waals surface area (Å²) in [6, 6.07) is 7.70. The van der Waals surface area contributed by atoms with Crippen LogP contribution in [0.25, 0.3) is 0 Å². The van der Waals surface area contributed by atoms with E-state index in [0.717, 1.165) is 44.0 Å². The minimum atomic E-state index is 0.174. The van der Waals surface area contributed by atoms with Crippen molar-refractivity contribution < 1.29 is 14.3 Å². The Morgan fingerprint density at radius 1 is 1.50 bits per heavy atom. The van der Waals surface area contributed by atoms with Crippen molar-refractivity contribution in [1.29, 1.82) is 0 Å². The number of benzene rings is 1. The zero-order valence-corrected chi connectivity index (χ0v) is 12.3. The van der Waals surface area contributed by atoms with Gasteiger partial charge in [0.2, 0.25) is 5.91 Å². The molecule has 0 aliphatic carbocycles. The first-order valence-electron chi connectivity index (χ1n) is 7.21. The van der Waals surface area contributed by atoms with Crippen LogP contribution in [0.15, 0.2) is 24.3 Å². The van der Waals surface area contributed by atoms with Crippen LogP contribution in [0.5, 0.6) is 5.75 Å². The quantitative estimate of drug-likeness (QED) is 0.799. The van der Waals surface area contributed by atoms with Crippen molar-refractivity contribution in [3.8, 4) is 5.75 Å². The number of ether oxygens (including phenoxy) is 2. The van der Waals surface area contributed by atoms with Crippen molar-refractivity contribution in [2.45, 2.75) is 19.8 Å². The lowest BCUT2D eigenvalue weighted by molar-refractivity contribution is -0.130. The van der Waals surface area contributed by atoms with Gasteiger partial charge in [0.25, 0.3) is 0 Å². The van der Waals surface area contributed by atoms with Gasteiger partial charge in [0.1, 0.15) is 5.75 Å². The Balaban J connectivity index is 1.93. The summed E-state index contributed by atoms with van der Waals surface area (Å²) in [5.41, 5.74) is 0.996. The molecule has 1 saturated heterocycles. The standard InChI is InChI=1S/C16H23NO3/c1-3-17(11-14-7-8-20-12-14)16(18)10-13-5-4-6-15(9-13)19-2/h4-6,9,14H,3,7-8,10-12H2,1-2H3/t14-/m0/s1. The van der Waals surface area contributed by atoms with Gasteiger partial charge in [-0.1, -0.05) is 12.1 Å². The maximum atomic E-state index is 12.4. The summed E-state index contributed by atoms with van der Waals surface area (Å²) in [5.74, 6) is 1.46. The van der Waals surface area contributed by atoms with Gasteiger partial charge in [0.05, 0.1) is 20.1 Å². The van der Waals surface area contributed by atoms with Gasteiger partial charge in [-0.2, -0.15) is 0 Å². The van der Waals surface area contributed by atoms with Gasteiger partial charge in [-0.3, -0.25) is 4.79 Å². The van der Waals surface area contributed by atoms with Crippen LogP contribution < -0.4 is 4.74 Å². The predicted molar refractivity (Wildman–Crippen MR) is 77.9 cm³/mol. The fraction of sp³-hybridized carbons (Fsp3) is 0.562. The van der Waals surface area contributed by atoms with Crippen molar-refractivity contribution in [2.75, 3.05) is 33.4 Å². The van der Waals surface area contributed by atoms with E-state index in [1.54, 1.807) is 7.11 Å². The molecular formula is C16H23NO3. The SMILES string of the molecule is CCN(C[C@@H]1CCOC1)C(=O)Cc1cccc(OC)c1. The number of amides is 1. The van der Waals surface area contributed by atoms with Gasteiger partial charge >= 0.3 is 0 Å². The molecule has 4 nitrogen and oxygen atoms in total. The first kappa shape index (κ1) is 14.9. The summed E-state index contributed by atoms with van der Waals surface area (Å²) in [4.78, 5) is 14.3. The summed E-state index contributed by atoms with van der Waals surface area (Å²) in [5, 5.41) is 0. The average Bonchev–Trinajstić information content (AvgIpc) is 2.97. The molecule has 4 heteroatoms. The second-order valence-corrected chi connectivity index (χ2v) is 5.19. The molecule has 1 aromatic rings. The Hall–Kier alpha value is -1.55. The number of carbonyl (C=O) groups excluding carboxylic acids is 1. The van der Waals surface area contributed by atoms with E-state index >= 15 is 0 Å². The highest BCUT2D eigenvalue weighted by Crippen LogP contribution is 2.16. The predicted octanol–water partition coefficient (Wildman–Crippen LogP) is 2.12. The van der Waals surface area contributed by atoms with Crippen LogP contribution in [0.1, 0.15) is 18.9 Å². The number of rotatable bonds is 6. The molecule has 0 unspecified atom stereocenters. The molecule has 1 fully saturated rings. The number of likely N-dealkylation sites (N-methyl/N-ethyl adjacent to an activating group) is 1. The molecule has 0 radical (unpaired) electrons. The van der Waals surface area contributed by atoms with E-state index in [-0.39, 0.29) is 5.91 Å². The van der Waals surface area contributed by atoms with Gasteiger partial charge in [0, 0.05) is 25.6 Å². The highest BCUT2D eigenvalue weighted by molar-refractivity contribution is 5.78. The van der Waals surface area contributed by atoms with Gasteiger partial charge in [0.15, 0.2) is 0 Å². The van der Waals surface area contributed by atoms with Crippen LogP contribution in [0.2, 0.25) is 0 Å². The first-order chi connectivity index (χ1) is 9.72. The van der Waals surface area contributed by atoms with Gasteiger partial charge in [-0.15, -0.1) is 0 Å². The summed E-state index contributed by atoms with van der Waals surface area (Å²) in [6.45, 7) is 5.19. The second-order valence-electron chi connectivity index (χ2n) is 5.19. The van der Waals surface area contributed by atoms with Crippen LogP contribution >= 0.6 is 0 Å². The zero-order valence-electron chi connectivity index (χ0n) is 12.3. The molecule has 1 heterocycles. The molecule has 0 saturated carbocycles. The molecule has 0 aromatic heterocycles. The lowest BCUT2D eigenvalue weighted by Gasteiger charge is -2.24. The van der Waals surface area contributed by atoms with Crippen molar-refractivity contribution in [3.63, 3.8) is 0 Å². The average molecular weight is 277 g/mol. The highest BCUT2D eigenvalue weighted by atomic mass is 16.5. The van der Waals surface area contributed by atoms with Gasteiger partial charge in [-0.25, -0.2) is 0 Å². The maximum Gasteiger partial charge on any atom is 0.226 e. The molecule has 1 atom stereocenters. The Bertz CT molecular complexity index is 441. The number of nitrogens with zero attached hydrogens (tertiary/aromatic N) is 1. The minimum Gasteiger partial charge on any atom is -0.497 e. The van der Waals surface area contributed by atoms with E-state index in [1.165, 1.54) is 0 Å². The molecule has 1 aliphatic rings. The third-order valence-electron chi connectivity index (χ3n) is 3.73. The van der Waals surface area contributed by atoms with Crippen molar-refractivity contribution in [2.24, 2.45) is 5.92 Å². The monoisotopic (exact) mass is 277 g/mol. The smallest absolute Gasteiger partial charge is 0.226 e. The summed E-state index contributed by atoms with van der Waals surface area (Å²) in [7, 11) is 1.64. The van der Waals surface area contributed by atoms with Crippen LogP contribution in [-0.4, -0.2) is 44.2 Å². The lowest BCUT2D eigenvalue weighted by atomic mass is 10.1. The fourth-order valence-electron chi connectivity index (χ4n) is 2.52. The number of methoxy groups -OCH3 is 1. The normalized spacial score (nSPS) is 18.0. The van der Waals surface area contributed by atoms with Crippen molar-refractivity contribution in [3.05, 3.63) is 29.8 Å². The Morgan fingerprint density at radius 2 is 2.35 bits per heavy atom. The van der Waals surface area contributed by atoms with Crippen molar-refractivity contribution >= 4 is 5.91 Å². The fourth-order valence-corrected chi connectivity index (χ4v) is 2.52. The van der Waals surface area contributed by atoms with Crippen molar-refractivity contribution in [1.82, 2.24) is 4.90 Å². The third-order valence-corrected chi connectivity index (χ3v) is 3.73. The van der Waals surface area contributed by atoms with E-state index in [9.17, 15) is 4.79 Å². The largest absolute Gasteiger partial charge is 0.497 e. The molecular weight excluding hydrogens is 254 g/mol.